The third-order valence-electron chi connectivity index (χ3n) is 6.93. The number of alkyl halides is 2. The molecule has 1 atom stereocenters. The molecule has 0 amide bonds. The van der Waals surface area contributed by atoms with Crippen molar-refractivity contribution in [2.24, 2.45) is 5.92 Å². The Bertz CT molecular complexity index is 1660. The van der Waals surface area contributed by atoms with E-state index in [0.29, 0.717) is 30.2 Å². The van der Waals surface area contributed by atoms with Gasteiger partial charge >= 0.3 is 12.1 Å². The third-order valence-corrected chi connectivity index (χ3v) is 6.93. The fourth-order valence-corrected chi connectivity index (χ4v) is 4.89. The molecule has 0 radical (unpaired) electrons. The Morgan fingerprint density at radius 3 is 1.88 bits per heavy atom. The molecular weight excluding hydrogens is 572 g/mol. The van der Waals surface area contributed by atoms with E-state index in [0.717, 1.165) is 30.9 Å². The summed E-state index contributed by atoms with van der Waals surface area (Å²) >= 11 is 0. The van der Waals surface area contributed by atoms with E-state index in [4.69, 9.17) is 4.74 Å². The lowest BCUT2D eigenvalue weighted by atomic mass is 10.0. The number of ether oxygens (including phenoxy) is 2. The van der Waals surface area contributed by atoms with Crippen LogP contribution in [0.4, 0.5) is 35.1 Å². The second-order valence-corrected chi connectivity index (χ2v) is 10.1. The minimum absolute atomic E-state index is 0.159. The van der Waals surface area contributed by atoms with E-state index in [9.17, 15) is 39.9 Å². The van der Waals surface area contributed by atoms with Crippen molar-refractivity contribution in [2.75, 3.05) is 0 Å². The molecule has 11 heteroatoms. The average Bonchev–Trinajstić information content (AvgIpc) is 3.25. The topological polar surface area (TPSA) is 35.5 Å². The Hall–Kier alpha value is -4.41. The molecule has 1 aliphatic rings. The largest absolute Gasteiger partial charge is 0.432 e. The molecule has 0 saturated carbocycles. The maximum absolute atomic E-state index is 14.9. The number of rotatable bonds is 6. The van der Waals surface area contributed by atoms with Gasteiger partial charge < -0.3 is 9.47 Å². The van der Waals surface area contributed by atoms with Crippen molar-refractivity contribution in [3.63, 3.8) is 0 Å². The lowest BCUT2D eigenvalue weighted by molar-refractivity contribution is -0.189. The number of carbonyl (C=O) groups excluding carboxylic acids is 1. The van der Waals surface area contributed by atoms with Crippen LogP contribution in [0.1, 0.15) is 39.5 Å². The highest BCUT2D eigenvalue weighted by Crippen LogP contribution is 2.39. The molecular formula is C31H20F8O3. The zero-order valence-corrected chi connectivity index (χ0v) is 21.9. The van der Waals surface area contributed by atoms with Crippen LogP contribution in [-0.4, -0.2) is 5.97 Å². The lowest BCUT2D eigenvalue weighted by Crippen LogP contribution is -2.25. The van der Waals surface area contributed by atoms with Crippen molar-refractivity contribution < 1.29 is 49.4 Å². The molecule has 0 bridgehead atoms. The van der Waals surface area contributed by atoms with Crippen LogP contribution in [0.15, 0.2) is 54.6 Å². The van der Waals surface area contributed by atoms with Crippen LogP contribution in [0.3, 0.4) is 0 Å². The Morgan fingerprint density at radius 1 is 0.738 bits per heavy atom. The molecule has 4 aromatic carbocycles. The predicted octanol–water partition coefficient (Wildman–Crippen LogP) is 8.58. The van der Waals surface area contributed by atoms with E-state index in [2.05, 4.69) is 11.7 Å². The van der Waals surface area contributed by atoms with Crippen LogP contribution < -0.4 is 9.47 Å². The van der Waals surface area contributed by atoms with Crippen molar-refractivity contribution in [3.05, 3.63) is 117 Å². The van der Waals surface area contributed by atoms with Gasteiger partial charge in [0.25, 0.3) is 0 Å². The first-order chi connectivity index (χ1) is 19.7. The Morgan fingerprint density at radius 2 is 1.29 bits per heavy atom. The zero-order valence-electron chi connectivity index (χ0n) is 21.9. The van der Waals surface area contributed by atoms with Crippen molar-refractivity contribution in [3.8, 4) is 22.6 Å². The molecule has 3 nitrogen and oxygen atoms in total. The summed E-state index contributed by atoms with van der Waals surface area (Å²) in [4.78, 5) is 12.6. The van der Waals surface area contributed by atoms with Gasteiger partial charge in [-0.25, -0.2) is 31.1 Å². The van der Waals surface area contributed by atoms with Gasteiger partial charge in [-0.2, -0.15) is 8.78 Å². The van der Waals surface area contributed by atoms with Gasteiger partial charge in [0.1, 0.15) is 52.0 Å². The summed E-state index contributed by atoms with van der Waals surface area (Å²) in [5.74, 6) is -11.3. The summed E-state index contributed by atoms with van der Waals surface area (Å²) in [5.41, 5.74) is -2.01. The number of benzene rings is 4. The number of hydrogen-bond acceptors (Lipinski definition) is 3. The van der Waals surface area contributed by atoms with Gasteiger partial charge in [0, 0.05) is 29.8 Å². The summed E-state index contributed by atoms with van der Waals surface area (Å²) < 4.78 is 126. The SMILES string of the molecule is Cc1c(F)cc(OC(F)(F)c2c(F)cc(-c3c(F)cc(OC(=O)c4ccc5c(c4)CC(C)C5)cc3F)cc2F)cc1F. The standard InChI is InChI=1S/C31H20F8O3/c1-14-5-16-3-4-17(7-18(16)6-14)30(40)41-20-10-24(34)28(25(35)11-20)19-8-26(36)29(27(37)9-19)31(38,39)42-21-12-22(32)15(2)23(33)13-21/h3-4,7-14H,5-6H2,1-2H3. The Labute approximate surface area is 234 Å². The maximum atomic E-state index is 14.9. The number of hydrogen-bond donors (Lipinski definition) is 0. The summed E-state index contributed by atoms with van der Waals surface area (Å²) in [7, 11) is 0. The van der Waals surface area contributed by atoms with E-state index in [1.807, 2.05) is 0 Å². The first kappa shape index (κ1) is 29.1. The van der Waals surface area contributed by atoms with Gasteiger partial charge in [-0.15, -0.1) is 0 Å². The normalized spacial score (nSPS) is 14.6. The molecule has 0 aliphatic heterocycles. The van der Waals surface area contributed by atoms with Gasteiger partial charge in [0.2, 0.25) is 0 Å². The fraction of sp³-hybridized carbons (Fsp3) is 0.194. The molecule has 5 rings (SSSR count). The highest BCUT2D eigenvalue weighted by molar-refractivity contribution is 5.91. The van der Waals surface area contributed by atoms with Gasteiger partial charge in [0.15, 0.2) is 0 Å². The maximum Gasteiger partial charge on any atom is 0.432 e. The molecule has 0 spiro atoms. The number of halogens is 8. The lowest BCUT2D eigenvalue weighted by Gasteiger charge is -2.20. The summed E-state index contributed by atoms with van der Waals surface area (Å²) in [6, 6.07) is 7.44. The second-order valence-electron chi connectivity index (χ2n) is 10.1. The van der Waals surface area contributed by atoms with Gasteiger partial charge in [-0.05, 0) is 66.6 Å². The molecule has 42 heavy (non-hydrogen) atoms. The monoisotopic (exact) mass is 592 g/mol. The predicted molar refractivity (Wildman–Crippen MR) is 135 cm³/mol. The molecule has 0 saturated heterocycles. The van der Waals surface area contributed by atoms with Crippen LogP contribution in [0.2, 0.25) is 0 Å². The van der Waals surface area contributed by atoms with Gasteiger partial charge in [-0.3, -0.25) is 0 Å². The molecule has 0 aromatic heterocycles. The van der Waals surface area contributed by atoms with Crippen molar-refractivity contribution in [1.82, 2.24) is 0 Å². The van der Waals surface area contributed by atoms with Crippen LogP contribution in [0, 0.1) is 47.7 Å². The molecule has 4 aromatic rings. The second kappa shape index (κ2) is 10.8. The van der Waals surface area contributed by atoms with E-state index < -0.39 is 80.7 Å². The summed E-state index contributed by atoms with van der Waals surface area (Å²) in [5, 5.41) is 0. The van der Waals surface area contributed by atoms with E-state index in [1.165, 1.54) is 6.07 Å². The molecule has 0 fully saturated rings. The summed E-state index contributed by atoms with van der Waals surface area (Å²) in [6.45, 7) is 3.10. The smallest absolute Gasteiger partial charge is 0.429 e. The van der Waals surface area contributed by atoms with Crippen LogP contribution in [-0.2, 0) is 19.0 Å². The number of carbonyl (C=O) groups is 1. The molecule has 1 unspecified atom stereocenters. The molecule has 1 aliphatic carbocycles. The highest BCUT2D eigenvalue weighted by Gasteiger charge is 2.42. The quantitative estimate of drug-likeness (QED) is 0.128. The van der Waals surface area contributed by atoms with Gasteiger partial charge in [-0.1, -0.05) is 13.0 Å². The Kier molecular flexibility index (Phi) is 7.46. The minimum atomic E-state index is -4.77. The van der Waals surface area contributed by atoms with E-state index >= 15 is 0 Å². The highest BCUT2D eigenvalue weighted by atomic mass is 19.3. The van der Waals surface area contributed by atoms with Crippen molar-refractivity contribution in [1.29, 1.82) is 0 Å². The zero-order chi connectivity index (χ0) is 30.5. The van der Waals surface area contributed by atoms with Gasteiger partial charge in [0.05, 0.1) is 11.1 Å². The number of fused-ring (bicyclic) bond motifs is 1. The Balaban J connectivity index is 1.40. The van der Waals surface area contributed by atoms with E-state index in [1.54, 1.807) is 12.1 Å². The number of esters is 1. The average molecular weight is 592 g/mol. The third kappa shape index (κ3) is 5.55. The van der Waals surface area contributed by atoms with Crippen LogP contribution in [0.5, 0.6) is 11.5 Å². The van der Waals surface area contributed by atoms with E-state index in [-0.39, 0.29) is 17.7 Å². The fourth-order valence-electron chi connectivity index (χ4n) is 4.89. The molecule has 0 heterocycles. The first-order valence-corrected chi connectivity index (χ1v) is 12.6. The van der Waals surface area contributed by atoms with Crippen molar-refractivity contribution >= 4 is 5.97 Å². The molecule has 218 valence electrons. The summed E-state index contributed by atoms with van der Waals surface area (Å²) in [6.07, 6.45) is -3.14. The first-order valence-electron chi connectivity index (χ1n) is 12.6. The van der Waals surface area contributed by atoms with Crippen LogP contribution >= 0.6 is 0 Å². The minimum Gasteiger partial charge on any atom is -0.429 e. The molecule has 0 N–H and O–H groups in total. The van der Waals surface area contributed by atoms with Crippen LogP contribution in [0.25, 0.3) is 11.1 Å². The van der Waals surface area contributed by atoms with Crippen molar-refractivity contribution in [2.45, 2.75) is 32.8 Å².